The first-order valence-corrected chi connectivity index (χ1v) is 6.56. The topological polar surface area (TPSA) is 20.2 Å². The molecule has 1 nitrogen and oxygen atoms in total. The Morgan fingerprint density at radius 1 is 1.05 bits per heavy atom. The maximum absolute atomic E-state index is 13.3. The van der Waals surface area contributed by atoms with Crippen molar-refractivity contribution < 1.29 is 9.50 Å². The van der Waals surface area contributed by atoms with Gasteiger partial charge in [-0.1, -0.05) is 31.2 Å². The highest BCUT2D eigenvalue weighted by Gasteiger charge is 2.16. The predicted octanol–water partition coefficient (Wildman–Crippen LogP) is 4.09. The summed E-state index contributed by atoms with van der Waals surface area (Å²) in [5.74, 6) is -0.257. The number of aryl methyl sites for hydroxylation is 3. The fraction of sp³-hybridized carbons (Fsp3) is 0.294. The fourth-order valence-corrected chi connectivity index (χ4v) is 2.46. The molecule has 0 bridgehead atoms. The summed E-state index contributed by atoms with van der Waals surface area (Å²) >= 11 is 0. The number of benzene rings is 2. The van der Waals surface area contributed by atoms with E-state index in [1.54, 1.807) is 0 Å². The van der Waals surface area contributed by atoms with E-state index in [1.165, 1.54) is 17.7 Å². The first-order chi connectivity index (χ1) is 9.02. The number of hydrogen-bond donors (Lipinski definition) is 1. The summed E-state index contributed by atoms with van der Waals surface area (Å²) in [6, 6.07) is 10.8. The third kappa shape index (κ3) is 2.85. The molecule has 0 aromatic heterocycles. The highest BCUT2D eigenvalue weighted by Crippen LogP contribution is 2.28. The molecular weight excluding hydrogens is 239 g/mol. The Kier molecular flexibility index (Phi) is 4.01. The zero-order valence-electron chi connectivity index (χ0n) is 11.6. The van der Waals surface area contributed by atoms with E-state index in [4.69, 9.17) is 0 Å². The molecule has 2 aromatic carbocycles. The number of hydrogen-bond acceptors (Lipinski definition) is 1. The Morgan fingerprint density at radius 2 is 1.58 bits per heavy atom. The Hall–Kier alpha value is -1.67. The van der Waals surface area contributed by atoms with Crippen molar-refractivity contribution in [3.8, 4) is 0 Å². The summed E-state index contributed by atoms with van der Waals surface area (Å²) in [7, 11) is 0. The first-order valence-electron chi connectivity index (χ1n) is 6.56. The average molecular weight is 258 g/mol. The standard InChI is InChI=1S/C17H19FO/c1-4-13-5-7-14(8-6-13)17(19)16-11(2)9-15(18)10-12(16)3/h5-10,17,19H,4H2,1-3H3. The Balaban J connectivity index is 2.40. The lowest BCUT2D eigenvalue weighted by Gasteiger charge is -2.17. The Morgan fingerprint density at radius 3 is 2.05 bits per heavy atom. The van der Waals surface area contributed by atoms with Crippen LogP contribution in [0.3, 0.4) is 0 Å². The lowest BCUT2D eigenvalue weighted by atomic mass is 9.93. The van der Waals surface area contributed by atoms with Gasteiger partial charge in [-0.25, -0.2) is 4.39 Å². The normalized spacial score (nSPS) is 12.5. The Bertz CT molecular complexity index is 549. The third-order valence-electron chi connectivity index (χ3n) is 3.54. The van der Waals surface area contributed by atoms with Crippen LogP contribution in [0, 0.1) is 19.7 Å². The van der Waals surface area contributed by atoms with Crippen molar-refractivity contribution in [2.24, 2.45) is 0 Å². The van der Waals surface area contributed by atoms with Crippen LogP contribution in [-0.4, -0.2) is 5.11 Å². The smallest absolute Gasteiger partial charge is 0.123 e. The van der Waals surface area contributed by atoms with Gasteiger partial charge in [0.2, 0.25) is 0 Å². The monoisotopic (exact) mass is 258 g/mol. The molecule has 2 heteroatoms. The third-order valence-corrected chi connectivity index (χ3v) is 3.54. The summed E-state index contributed by atoms with van der Waals surface area (Å²) in [6.07, 6.45) is 0.275. The van der Waals surface area contributed by atoms with E-state index in [1.807, 2.05) is 38.1 Å². The highest BCUT2D eigenvalue weighted by molar-refractivity contribution is 5.41. The summed E-state index contributed by atoms with van der Waals surface area (Å²) in [6.45, 7) is 5.75. The molecule has 0 amide bonds. The minimum absolute atomic E-state index is 0.257. The second kappa shape index (κ2) is 5.54. The second-order valence-electron chi connectivity index (χ2n) is 4.95. The maximum Gasteiger partial charge on any atom is 0.123 e. The van der Waals surface area contributed by atoms with Crippen molar-refractivity contribution in [2.45, 2.75) is 33.3 Å². The van der Waals surface area contributed by atoms with E-state index < -0.39 is 6.10 Å². The van der Waals surface area contributed by atoms with Crippen LogP contribution >= 0.6 is 0 Å². The van der Waals surface area contributed by atoms with Crippen molar-refractivity contribution in [2.75, 3.05) is 0 Å². The van der Waals surface area contributed by atoms with E-state index in [0.29, 0.717) is 0 Å². The van der Waals surface area contributed by atoms with Gasteiger partial charge >= 0.3 is 0 Å². The molecular formula is C17H19FO. The minimum Gasteiger partial charge on any atom is -0.384 e. The number of halogens is 1. The number of aliphatic hydroxyl groups is 1. The van der Waals surface area contributed by atoms with Crippen LogP contribution in [0.25, 0.3) is 0 Å². The lowest BCUT2D eigenvalue weighted by Crippen LogP contribution is -2.05. The van der Waals surface area contributed by atoms with Crippen molar-refractivity contribution in [3.05, 3.63) is 70.0 Å². The molecule has 1 atom stereocenters. The van der Waals surface area contributed by atoms with Gasteiger partial charge < -0.3 is 5.11 Å². The van der Waals surface area contributed by atoms with Gasteiger partial charge in [0.05, 0.1) is 0 Å². The lowest BCUT2D eigenvalue weighted by molar-refractivity contribution is 0.218. The molecule has 1 unspecified atom stereocenters. The molecule has 0 heterocycles. The van der Waals surface area contributed by atoms with Gasteiger partial charge in [-0.2, -0.15) is 0 Å². The van der Waals surface area contributed by atoms with Gasteiger partial charge in [-0.15, -0.1) is 0 Å². The van der Waals surface area contributed by atoms with Crippen LogP contribution in [0.15, 0.2) is 36.4 Å². The molecule has 0 aliphatic heterocycles. The van der Waals surface area contributed by atoms with Crippen LogP contribution < -0.4 is 0 Å². The fourth-order valence-electron chi connectivity index (χ4n) is 2.46. The highest BCUT2D eigenvalue weighted by atomic mass is 19.1. The quantitative estimate of drug-likeness (QED) is 0.879. The molecule has 0 aliphatic carbocycles. The summed E-state index contributed by atoms with van der Waals surface area (Å²) in [4.78, 5) is 0. The molecule has 0 spiro atoms. The van der Waals surface area contributed by atoms with Gasteiger partial charge in [0.25, 0.3) is 0 Å². The largest absolute Gasteiger partial charge is 0.384 e. The van der Waals surface area contributed by atoms with E-state index in [0.717, 1.165) is 28.7 Å². The van der Waals surface area contributed by atoms with Crippen LogP contribution in [0.5, 0.6) is 0 Å². The average Bonchev–Trinajstić information content (AvgIpc) is 2.37. The van der Waals surface area contributed by atoms with Crippen molar-refractivity contribution >= 4 is 0 Å². The molecule has 2 rings (SSSR count). The van der Waals surface area contributed by atoms with Crippen molar-refractivity contribution in [1.82, 2.24) is 0 Å². The zero-order valence-corrected chi connectivity index (χ0v) is 11.6. The Labute approximate surface area is 113 Å². The van der Waals surface area contributed by atoms with Crippen molar-refractivity contribution in [1.29, 1.82) is 0 Å². The molecule has 0 radical (unpaired) electrons. The molecule has 19 heavy (non-hydrogen) atoms. The van der Waals surface area contributed by atoms with Crippen LogP contribution in [0.4, 0.5) is 4.39 Å². The van der Waals surface area contributed by atoms with Gasteiger partial charge in [0.15, 0.2) is 0 Å². The molecule has 0 fully saturated rings. The van der Waals surface area contributed by atoms with Crippen molar-refractivity contribution in [3.63, 3.8) is 0 Å². The van der Waals surface area contributed by atoms with E-state index in [2.05, 4.69) is 6.92 Å². The zero-order chi connectivity index (χ0) is 14.0. The van der Waals surface area contributed by atoms with E-state index >= 15 is 0 Å². The van der Waals surface area contributed by atoms with Crippen LogP contribution in [0.2, 0.25) is 0 Å². The summed E-state index contributed by atoms with van der Waals surface area (Å²) in [5.41, 5.74) is 4.44. The van der Waals surface area contributed by atoms with Gasteiger partial charge in [-0.3, -0.25) is 0 Å². The first kappa shape index (κ1) is 13.8. The van der Waals surface area contributed by atoms with E-state index in [9.17, 15) is 9.50 Å². The van der Waals surface area contributed by atoms with Crippen LogP contribution in [-0.2, 0) is 6.42 Å². The van der Waals surface area contributed by atoms with Gasteiger partial charge in [0.1, 0.15) is 11.9 Å². The predicted molar refractivity (Wildman–Crippen MR) is 75.8 cm³/mol. The molecule has 1 N–H and O–H groups in total. The molecule has 0 saturated carbocycles. The van der Waals surface area contributed by atoms with E-state index in [-0.39, 0.29) is 5.82 Å². The van der Waals surface area contributed by atoms with Crippen LogP contribution in [0.1, 0.15) is 40.8 Å². The molecule has 0 aliphatic rings. The van der Waals surface area contributed by atoms with Gasteiger partial charge in [0, 0.05) is 0 Å². The SMILES string of the molecule is CCc1ccc(C(O)c2c(C)cc(F)cc2C)cc1. The molecule has 2 aromatic rings. The molecule has 0 saturated heterocycles. The number of rotatable bonds is 3. The number of aliphatic hydroxyl groups excluding tert-OH is 1. The molecule has 100 valence electrons. The summed E-state index contributed by atoms with van der Waals surface area (Å²) in [5, 5.41) is 10.5. The maximum atomic E-state index is 13.3. The second-order valence-corrected chi connectivity index (χ2v) is 4.95. The minimum atomic E-state index is -0.702. The summed E-state index contributed by atoms with van der Waals surface area (Å²) < 4.78 is 13.3. The van der Waals surface area contributed by atoms with Gasteiger partial charge in [-0.05, 0) is 60.2 Å².